The maximum atomic E-state index is 2.28. The lowest BCUT2D eigenvalue weighted by Crippen LogP contribution is -1.94. The lowest BCUT2D eigenvalue weighted by molar-refractivity contribution is 0.642. The lowest BCUT2D eigenvalue weighted by atomic mass is 9.93. The summed E-state index contributed by atoms with van der Waals surface area (Å²) >= 11 is 1.75. The molecule has 0 aliphatic rings. The minimum absolute atomic E-state index is 0.719. The summed E-state index contributed by atoms with van der Waals surface area (Å²) in [6.07, 6.45) is 2.46. The Kier molecular flexibility index (Phi) is 3.79. The zero-order chi connectivity index (χ0) is 11.4. The summed E-state index contributed by atoms with van der Waals surface area (Å²) in [5, 5.41) is 4.33. The number of hydrogen-bond donors (Lipinski definition) is 0. The third kappa shape index (κ3) is 2.35. The van der Waals surface area contributed by atoms with Gasteiger partial charge in [-0.05, 0) is 52.3 Å². The SMILES string of the molecule is CCC(CC)c1ccc(-c2ccsc2)cc1. The van der Waals surface area contributed by atoms with Crippen LogP contribution in [0.15, 0.2) is 41.1 Å². The van der Waals surface area contributed by atoms with Crippen molar-refractivity contribution in [3.05, 3.63) is 46.7 Å². The van der Waals surface area contributed by atoms with Crippen LogP contribution in [0.2, 0.25) is 0 Å². The largest absolute Gasteiger partial charge is 0.152 e. The molecule has 1 aromatic carbocycles. The number of benzene rings is 1. The van der Waals surface area contributed by atoms with Crippen LogP contribution in [0.3, 0.4) is 0 Å². The highest BCUT2D eigenvalue weighted by molar-refractivity contribution is 7.08. The average Bonchev–Trinajstić information content (AvgIpc) is 2.85. The molecule has 1 heteroatoms. The second-order valence-electron chi connectivity index (χ2n) is 4.15. The monoisotopic (exact) mass is 230 g/mol. The van der Waals surface area contributed by atoms with Gasteiger partial charge in [-0.2, -0.15) is 11.3 Å². The molecule has 1 heterocycles. The van der Waals surface area contributed by atoms with Crippen molar-refractivity contribution < 1.29 is 0 Å². The van der Waals surface area contributed by atoms with Crippen molar-refractivity contribution >= 4 is 11.3 Å². The van der Waals surface area contributed by atoms with Crippen molar-refractivity contribution in [3.8, 4) is 11.1 Å². The Morgan fingerprint density at radius 1 is 0.938 bits per heavy atom. The predicted octanol–water partition coefficient (Wildman–Crippen LogP) is 5.32. The van der Waals surface area contributed by atoms with E-state index in [4.69, 9.17) is 0 Å². The van der Waals surface area contributed by atoms with Gasteiger partial charge in [0.2, 0.25) is 0 Å². The van der Waals surface area contributed by atoms with Crippen LogP contribution < -0.4 is 0 Å². The van der Waals surface area contributed by atoms with E-state index in [1.54, 1.807) is 11.3 Å². The van der Waals surface area contributed by atoms with Crippen molar-refractivity contribution in [1.82, 2.24) is 0 Å². The number of rotatable bonds is 4. The number of hydrogen-bond acceptors (Lipinski definition) is 1. The molecule has 2 rings (SSSR count). The molecule has 0 atom stereocenters. The summed E-state index contributed by atoms with van der Waals surface area (Å²) in [6.45, 7) is 4.53. The highest BCUT2D eigenvalue weighted by Crippen LogP contribution is 2.27. The summed E-state index contributed by atoms with van der Waals surface area (Å²) < 4.78 is 0. The highest BCUT2D eigenvalue weighted by atomic mass is 32.1. The first-order valence-electron chi connectivity index (χ1n) is 5.97. The molecule has 16 heavy (non-hydrogen) atoms. The first-order chi connectivity index (χ1) is 7.85. The van der Waals surface area contributed by atoms with Crippen LogP contribution in [0.5, 0.6) is 0 Å². The lowest BCUT2D eigenvalue weighted by Gasteiger charge is -2.12. The Balaban J connectivity index is 2.22. The van der Waals surface area contributed by atoms with E-state index in [0.29, 0.717) is 0 Å². The summed E-state index contributed by atoms with van der Waals surface area (Å²) in [6, 6.07) is 11.2. The van der Waals surface area contributed by atoms with E-state index in [9.17, 15) is 0 Å². The Hall–Kier alpha value is -1.08. The van der Waals surface area contributed by atoms with E-state index in [1.807, 2.05) is 0 Å². The minimum Gasteiger partial charge on any atom is -0.152 e. The molecular formula is C15H18S. The van der Waals surface area contributed by atoms with Crippen molar-refractivity contribution in [2.45, 2.75) is 32.6 Å². The van der Waals surface area contributed by atoms with E-state index < -0.39 is 0 Å². The van der Waals surface area contributed by atoms with Crippen LogP contribution in [-0.4, -0.2) is 0 Å². The van der Waals surface area contributed by atoms with Crippen molar-refractivity contribution in [3.63, 3.8) is 0 Å². The maximum absolute atomic E-state index is 2.28. The molecule has 0 aliphatic heterocycles. The quantitative estimate of drug-likeness (QED) is 0.667. The second-order valence-corrected chi connectivity index (χ2v) is 4.93. The summed E-state index contributed by atoms with van der Waals surface area (Å²) in [5.74, 6) is 0.719. The van der Waals surface area contributed by atoms with Gasteiger partial charge in [-0.25, -0.2) is 0 Å². The van der Waals surface area contributed by atoms with E-state index in [-0.39, 0.29) is 0 Å². The van der Waals surface area contributed by atoms with Crippen molar-refractivity contribution in [1.29, 1.82) is 0 Å². The van der Waals surface area contributed by atoms with Crippen LogP contribution >= 0.6 is 11.3 Å². The van der Waals surface area contributed by atoms with Gasteiger partial charge in [0.15, 0.2) is 0 Å². The third-order valence-corrected chi connectivity index (χ3v) is 3.91. The molecule has 0 saturated heterocycles. The topological polar surface area (TPSA) is 0 Å². The molecule has 0 fully saturated rings. The Labute approximate surface area is 102 Å². The van der Waals surface area contributed by atoms with Crippen LogP contribution in [0, 0.1) is 0 Å². The van der Waals surface area contributed by atoms with E-state index in [0.717, 1.165) is 5.92 Å². The molecule has 0 saturated carbocycles. The van der Waals surface area contributed by atoms with Crippen molar-refractivity contribution in [2.24, 2.45) is 0 Å². The molecule has 0 bridgehead atoms. The molecule has 0 N–H and O–H groups in total. The van der Waals surface area contributed by atoms with Crippen LogP contribution in [0.1, 0.15) is 38.2 Å². The normalized spacial score (nSPS) is 10.9. The number of thiophene rings is 1. The zero-order valence-corrected chi connectivity index (χ0v) is 10.8. The molecule has 1 aromatic heterocycles. The zero-order valence-electron chi connectivity index (χ0n) is 9.94. The highest BCUT2D eigenvalue weighted by Gasteiger charge is 2.06. The fourth-order valence-corrected chi connectivity index (χ4v) is 2.80. The summed E-state index contributed by atoms with van der Waals surface area (Å²) in [4.78, 5) is 0. The van der Waals surface area contributed by atoms with E-state index >= 15 is 0 Å². The molecule has 0 radical (unpaired) electrons. The van der Waals surface area contributed by atoms with Gasteiger partial charge in [-0.3, -0.25) is 0 Å². The van der Waals surface area contributed by atoms with E-state index in [2.05, 4.69) is 54.9 Å². The first kappa shape index (κ1) is 11.4. The van der Waals surface area contributed by atoms with E-state index in [1.165, 1.54) is 29.5 Å². The van der Waals surface area contributed by atoms with Crippen molar-refractivity contribution in [2.75, 3.05) is 0 Å². The molecule has 0 aliphatic carbocycles. The molecule has 0 nitrogen and oxygen atoms in total. The fourth-order valence-electron chi connectivity index (χ4n) is 2.14. The first-order valence-corrected chi connectivity index (χ1v) is 6.92. The van der Waals surface area contributed by atoms with Crippen LogP contribution in [0.4, 0.5) is 0 Å². The van der Waals surface area contributed by atoms with Gasteiger partial charge in [0, 0.05) is 0 Å². The van der Waals surface area contributed by atoms with Gasteiger partial charge in [-0.1, -0.05) is 38.1 Å². The minimum atomic E-state index is 0.719. The van der Waals surface area contributed by atoms with Gasteiger partial charge in [0.05, 0.1) is 0 Å². The standard InChI is InChI=1S/C15H18S/c1-3-12(4-2)13-5-7-14(8-6-13)15-9-10-16-11-15/h5-12H,3-4H2,1-2H3. The van der Waals surface area contributed by atoms with Gasteiger partial charge < -0.3 is 0 Å². The molecule has 2 aromatic rings. The Morgan fingerprint density at radius 3 is 2.12 bits per heavy atom. The van der Waals surface area contributed by atoms with Crippen LogP contribution in [0.25, 0.3) is 11.1 Å². The predicted molar refractivity (Wildman–Crippen MR) is 73.1 cm³/mol. The Bertz CT molecular complexity index is 407. The molecule has 84 valence electrons. The molecule has 0 unspecified atom stereocenters. The maximum Gasteiger partial charge on any atom is -0.00147 e. The average molecular weight is 230 g/mol. The third-order valence-electron chi connectivity index (χ3n) is 3.22. The molecular weight excluding hydrogens is 212 g/mol. The fraction of sp³-hybridized carbons (Fsp3) is 0.333. The Morgan fingerprint density at radius 2 is 1.62 bits per heavy atom. The second kappa shape index (κ2) is 5.31. The molecule has 0 spiro atoms. The molecule has 0 amide bonds. The smallest absolute Gasteiger partial charge is 0.00147 e. The van der Waals surface area contributed by atoms with Crippen LogP contribution in [-0.2, 0) is 0 Å². The van der Waals surface area contributed by atoms with Gasteiger partial charge in [0.25, 0.3) is 0 Å². The van der Waals surface area contributed by atoms with Gasteiger partial charge in [-0.15, -0.1) is 0 Å². The summed E-state index contributed by atoms with van der Waals surface area (Å²) in [5.41, 5.74) is 4.14. The van der Waals surface area contributed by atoms with Gasteiger partial charge >= 0.3 is 0 Å². The summed E-state index contributed by atoms with van der Waals surface area (Å²) in [7, 11) is 0. The van der Waals surface area contributed by atoms with Gasteiger partial charge in [0.1, 0.15) is 0 Å².